The van der Waals surface area contributed by atoms with Gasteiger partial charge in [0.05, 0.1) is 22.1 Å². The van der Waals surface area contributed by atoms with E-state index in [0.717, 1.165) is 160 Å². The average molecular weight is 1460 g/mol. The van der Waals surface area contributed by atoms with Crippen molar-refractivity contribution in [1.82, 2.24) is 39.0 Å². The number of para-hydroxylation sites is 4. The maximum absolute atomic E-state index is 6.70. The Labute approximate surface area is 650 Å². The maximum atomic E-state index is 6.70. The minimum Gasteiger partial charge on any atom is -0.456 e. The van der Waals surface area contributed by atoms with Crippen molar-refractivity contribution in [3.63, 3.8) is 0 Å². The summed E-state index contributed by atoms with van der Waals surface area (Å²) in [6.45, 7) is 0. The van der Waals surface area contributed by atoms with E-state index in [-0.39, 0.29) is 0 Å². The average Bonchev–Trinajstić information content (AvgIpc) is 1.57. The van der Waals surface area contributed by atoms with E-state index >= 15 is 0 Å². The summed E-state index contributed by atoms with van der Waals surface area (Å²) >= 11 is 0. The standard InChI is InChI=1S/2C51H30N4O2/c1-3-11-31(12-4-1)32-19-21-34(22-20-32)50-52-49(33-13-5-2-6-14-33)53-51(54-50)35-23-25-39-41-29-48-42(30-47(41)56-45(39)27-35)40-26-24-36(28-46(40)57-48)55-43-17-9-7-15-37(43)38-16-8-10-18-44(38)55;1-3-11-31(12-4-1)32-19-21-34(22-20-32)50-52-49(33-13-5-2-6-14-33)53-51(54-50)35-23-25-39-41-27-28-42-40-26-24-36(30-46(40)57-48(42)47(41)56-45(39)29-35)55-43-17-9-7-15-37(43)38-16-8-10-18-44(38)55/h2*1-30H. The summed E-state index contributed by atoms with van der Waals surface area (Å²) in [4.78, 5) is 29.9. The topological polar surface area (TPSA) is 140 Å². The van der Waals surface area contributed by atoms with Crippen molar-refractivity contribution in [2.24, 2.45) is 0 Å². The van der Waals surface area contributed by atoms with E-state index in [2.05, 4.69) is 288 Å². The third-order valence-electron chi connectivity index (χ3n) is 22.1. The van der Waals surface area contributed by atoms with Crippen molar-refractivity contribution >= 4 is 131 Å². The molecule has 8 aromatic heterocycles. The van der Waals surface area contributed by atoms with Gasteiger partial charge in [-0.15, -0.1) is 0 Å². The van der Waals surface area contributed by atoms with Crippen molar-refractivity contribution in [2.45, 2.75) is 0 Å². The van der Waals surface area contributed by atoms with Crippen LogP contribution in [0.1, 0.15) is 0 Å². The molecule has 0 radical (unpaired) electrons. The number of nitrogens with zero attached hydrogens (tertiary/aromatic N) is 8. The molecule has 0 amide bonds. The lowest BCUT2D eigenvalue weighted by molar-refractivity contribution is 0.633. The molecule has 0 aliphatic rings. The fourth-order valence-electron chi connectivity index (χ4n) is 16.6. The molecular formula is C102H60N8O4. The minimum atomic E-state index is 0.569. The second-order valence-corrected chi connectivity index (χ2v) is 28.8. The number of hydrogen-bond acceptors (Lipinski definition) is 10. The highest BCUT2D eigenvalue weighted by Crippen LogP contribution is 2.44. The molecule has 24 rings (SSSR count). The van der Waals surface area contributed by atoms with Gasteiger partial charge in [0.1, 0.15) is 33.5 Å². The first kappa shape index (κ1) is 64.3. The Balaban J connectivity index is 0.000000135. The summed E-state index contributed by atoms with van der Waals surface area (Å²) < 4.78 is 31.2. The first-order valence-electron chi connectivity index (χ1n) is 38.0. The van der Waals surface area contributed by atoms with Crippen LogP contribution < -0.4 is 0 Å². The highest BCUT2D eigenvalue weighted by Gasteiger charge is 2.23. The van der Waals surface area contributed by atoms with Gasteiger partial charge in [0.2, 0.25) is 0 Å². The molecule has 16 aromatic carbocycles. The second kappa shape index (κ2) is 26.0. The zero-order valence-corrected chi connectivity index (χ0v) is 60.9. The quantitative estimate of drug-likeness (QED) is 0.130. The predicted molar refractivity (Wildman–Crippen MR) is 461 cm³/mol. The van der Waals surface area contributed by atoms with E-state index in [1.807, 2.05) is 84.9 Å². The zero-order chi connectivity index (χ0) is 74.9. The van der Waals surface area contributed by atoms with E-state index in [9.17, 15) is 0 Å². The molecule has 12 nitrogen and oxygen atoms in total. The van der Waals surface area contributed by atoms with Crippen molar-refractivity contribution in [3.05, 3.63) is 364 Å². The summed E-state index contributed by atoms with van der Waals surface area (Å²) in [7, 11) is 0. The number of aromatic nitrogens is 8. The SMILES string of the molecule is c1ccc(-c2ccc(-c3nc(-c4ccccc4)nc(-c4ccc5c(c4)oc4c5ccc5c6ccc(-n7c8ccccc8c8ccccc87)cc6oc54)n3)cc2)cc1.c1ccc(-c2ccc(-c3nc(-c4ccccc4)nc(-c4ccc5c(c4)oc4cc6c(cc45)oc4cc(-n5c7ccccc7c7ccccc75)ccc46)n3)cc2)cc1. The molecule has 0 atom stereocenters. The molecule has 0 aliphatic heterocycles. The molecule has 0 N–H and O–H groups in total. The van der Waals surface area contributed by atoms with E-state index in [0.29, 0.717) is 40.5 Å². The van der Waals surface area contributed by atoms with Crippen molar-refractivity contribution < 1.29 is 17.7 Å². The van der Waals surface area contributed by atoms with Crippen molar-refractivity contribution in [1.29, 1.82) is 0 Å². The molecule has 24 aromatic rings. The number of fused-ring (bicyclic) bond motifs is 19. The lowest BCUT2D eigenvalue weighted by Gasteiger charge is -2.09. The fourth-order valence-corrected chi connectivity index (χ4v) is 16.6. The van der Waals surface area contributed by atoms with Crippen LogP contribution >= 0.6 is 0 Å². The largest absolute Gasteiger partial charge is 0.456 e. The van der Waals surface area contributed by atoms with Gasteiger partial charge in [-0.25, -0.2) is 29.9 Å². The van der Waals surface area contributed by atoms with E-state index in [1.54, 1.807) is 0 Å². The molecule has 0 aliphatic carbocycles. The van der Waals surface area contributed by atoms with Crippen molar-refractivity contribution in [3.8, 4) is 102 Å². The highest BCUT2D eigenvalue weighted by atomic mass is 16.4. The Morgan fingerprint density at radius 1 is 0.158 bits per heavy atom. The summed E-state index contributed by atoms with van der Waals surface area (Å²) in [5.41, 5.74) is 22.9. The van der Waals surface area contributed by atoms with Crippen LogP contribution in [0.2, 0.25) is 0 Å². The van der Waals surface area contributed by atoms with Crippen LogP contribution in [0.15, 0.2) is 382 Å². The minimum absolute atomic E-state index is 0.569. The Kier molecular flexibility index (Phi) is 14.7. The molecule has 0 bridgehead atoms. The van der Waals surface area contributed by atoms with Gasteiger partial charge in [0.15, 0.2) is 46.1 Å². The molecule has 0 spiro atoms. The molecule has 0 saturated heterocycles. The summed E-state index contributed by atoms with van der Waals surface area (Å²) in [5, 5.41) is 13.0. The number of furan rings is 4. The van der Waals surface area contributed by atoms with Gasteiger partial charge in [-0.1, -0.05) is 255 Å². The fraction of sp³-hybridized carbons (Fsp3) is 0. The Hall–Kier alpha value is -15.7. The highest BCUT2D eigenvalue weighted by molar-refractivity contribution is 6.20. The van der Waals surface area contributed by atoms with Crippen LogP contribution in [0.4, 0.5) is 0 Å². The lowest BCUT2D eigenvalue weighted by atomic mass is 10.0. The molecule has 8 heterocycles. The first-order chi connectivity index (χ1) is 56.4. The number of benzene rings is 16. The molecule has 12 heteroatoms. The van der Waals surface area contributed by atoms with E-state index < -0.39 is 0 Å². The van der Waals surface area contributed by atoms with Gasteiger partial charge in [-0.05, 0) is 119 Å². The molecule has 114 heavy (non-hydrogen) atoms. The molecule has 532 valence electrons. The van der Waals surface area contributed by atoms with Gasteiger partial charge < -0.3 is 26.8 Å². The third-order valence-corrected chi connectivity index (χ3v) is 22.1. The van der Waals surface area contributed by atoms with Crippen molar-refractivity contribution in [2.75, 3.05) is 0 Å². The Bertz CT molecular complexity index is 7830. The van der Waals surface area contributed by atoms with Gasteiger partial charge >= 0.3 is 0 Å². The van der Waals surface area contributed by atoms with Gasteiger partial charge in [0.25, 0.3) is 0 Å². The first-order valence-corrected chi connectivity index (χ1v) is 38.0. The normalized spacial score (nSPS) is 11.9. The van der Waals surface area contributed by atoms with Gasteiger partial charge in [-0.2, -0.15) is 0 Å². The van der Waals surface area contributed by atoms with Gasteiger partial charge in [0, 0.05) is 122 Å². The summed E-state index contributed by atoms with van der Waals surface area (Å²) in [6.07, 6.45) is 0. The van der Waals surface area contributed by atoms with Crippen LogP contribution in [-0.4, -0.2) is 39.0 Å². The molecular weight excluding hydrogens is 1400 g/mol. The number of hydrogen-bond donors (Lipinski definition) is 0. The van der Waals surface area contributed by atoms with Crippen LogP contribution in [0, 0.1) is 0 Å². The zero-order valence-electron chi connectivity index (χ0n) is 60.9. The molecule has 0 saturated carbocycles. The van der Waals surface area contributed by atoms with E-state index in [1.165, 1.54) is 32.6 Å². The summed E-state index contributed by atoms with van der Waals surface area (Å²) in [6, 6.07) is 125. The van der Waals surface area contributed by atoms with Crippen LogP contribution in [0.5, 0.6) is 0 Å². The molecule has 0 fully saturated rings. The van der Waals surface area contributed by atoms with Crippen LogP contribution in [0.3, 0.4) is 0 Å². The van der Waals surface area contributed by atoms with Crippen LogP contribution in [-0.2, 0) is 0 Å². The monoisotopic (exact) mass is 1460 g/mol. The smallest absolute Gasteiger partial charge is 0.178 e. The maximum Gasteiger partial charge on any atom is 0.178 e. The van der Waals surface area contributed by atoms with Crippen LogP contribution in [0.25, 0.3) is 233 Å². The second-order valence-electron chi connectivity index (χ2n) is 28.8. The Morgan fingerprint density at radius 2 is 0.395 bits per heavy atom. The predicted octanol–water partition coefficient (Wildman–Crippen LogP) is 26.9. The lowest BCUT2D eigenvalue weighted by Crippen LogP contribution is -2.00. The van der Waals surface area contributed by atoms with Gasteiger partial charge in [-0.3, -0.25) is 0 Å². The third kappa shape index (κ3) is 10.8. The summed E-state index contributed by atoms with van der Waals surface area (Å²) in [5.74, 6) is 3.58. The number of rotatable bonds is 10. The molecule has 0 unspecified atom stereocenters. The Morgan fingerprint density at radius 3 is 0.763 bits per heavy atom. The van der Waals surface area contributed by atoms with E-state index in [4.69, 9.17) is 47.6 Å².